The molecule has 0 amide bonds. The van der Waals surface area contributed by atoms with Gasteiger partial charge in [0, 0.05) is 23.5 Å². The van der Waals surface area contributed by atoms with Gasteiger partial charge >= 0.3 is 7.12 Å². The summed E-state index contributed by atoms with van der Waals surface area (Å²) in [6, 6.07) is 8.32. The summed E-state index contributed by atoms with van der Waals surface area (Å²) in [6.07, 6.45) is 0. The lowest BCUT2D eigenvalue weighted by atomic mass is 9.80. The number of rotatable bonds is 5. The summed E-state index contributed by atoms with van der Waals surface area (Å²) in [5.41, 5.74) is 0.714. The van der Waals surface area contributed by atoms with E-state index in [1.54, 1.807) is 17.4 Å². The van der Waals surface area contributed by atoms with E-state index in [1.165, 1.54) is 17.0 Å². The first kappa shape index (κ1) is 14.2. The Morgan fingerprint density at radius 1 is 1.26 bits per heavy atom. The highest BCUT2D eigenvalue weighted by Gasteiger charge is 2.14. The molecule has 100 valence electrons. The Balaban J connectivity index is 2.02. The molecular weight excluding hydrogens is 264 g/mol. The topological polar surface area (TPSA) is 43.7 Å². The maximum Gasteiger partial charge on any atom is 0.488 e. The molecule has 0 radical (unpaired) electrons. The minimum Gasteiger partial charge on any atom is -0.423 e. The normalized spacial score (nSPS) is 11.0. The van der Waals surface area contributed by atoms with E-state index in [0.29, 0.717) is 12.1 Å². The van der Waals surface area contributed by atoms with Crippen LogP contribution in [0.3, 0.4) is 0 Å². The van der Waals surface area contributed by atoms with Gasteiger partial charge in [-0.05, 0) is 30.0 Å². The van der Waals surface area contributed by atoms with Crippen LogP contribution in [0.1, 0.15) is 10.4 Å². The van der Waals surface area contributed by atoms with Gasteiger partial charge in [-0.1, -0.05) is 18.2 Å². The van der Waals surface area contributed by atoms with E-state index in [1.807, 2.05) is 29.5 Å². The highest BCUT2D eigenvalue weighted by Crippen LogP contribution is 2.14. The van der Waals surface area contributed by atoms with E-state index in [-0.39, 0.29) is 5.46 Å². The van der Waals surface area contributed by atoms with Gasteiger partial charge < -0.3 is 10.0 Å². The van der Waals surface area contributed by atoms with E-state index in [0.717, 1.165) is 6.54 Å². The first-order valence-corrected chi connectivity index (χ1v) is 6.79. The Kier molecular flexibility index (Phi) is 4.71. The molecule has 1 aromatic heterocycles. The highest BCUT2D eigenvalue weighted by molar-refractivity contribution is 7.09. The smallest absolute Gasteiger partial charge is 0.423 e. The lowest BCUT2D eigenvalue weighted by Gasteiger charge is -2.16. The summed E-state index contributed by atoms with van der Waals surface area (Å²) in [4.78, 5) is 3.24. The van der Waals surface area contributed by atoms with Crippen molar-refractivity contribution in [1.29, 1.82) is 0 Å². The Bertz CT molecular complexity index is 533. The van der Waals surface area contributed by atoms with Gasteiger partial charge in [0.2, 0.25) is 0 Å². The molecule has 0 aliphatic heterocycles. The number of hydrogen-bond acceptors (Lipinski definition) is 4. The van der Waals surface area contributed by atoms with Crippen LogP contribution in [0.2, 0.25) is 0 Å². The third-order valence-corrected chi connectivity index (χ3v) is 3.68. The summed E-state index contributed by atoms with van der Waals surface area (Å²) < 4.78 is 13.8. The van der Waals surface area contributed by atoms with Crippen molar-refractivity contribution < 1.29 is 14.4 Å². The van der Waals surface area contributed by atoms with Crippen LogP contribution in [0.4, 0.5) is 4.39 Å². The van der Waals surface area contributed by atoms with Crippen molar-refractivity contribution in [3.8, 4) is 0 Å². The van der Waals surface area contributed by atoms with E-state index in [4.69, 9.17) is 10.0 Å². The fourth-order valence-corrected chi connectivity index (χ4v) is 2.65. The average molecular weight is 279 g/mol. The SMILES string of the molecule is CN(Cc1cccs1)Cc1ccc(B(O)O)cc1F. The van der Waals surface area contributed by atoms with Crippen molar-refractivity contribution in [2.24, 2.45) is 0 Å². The summed E-state index contributed by atoms with van der Waals surface area (Å²) in [6.45, 7) is 1.24. The third kappa shape index (κ3) is 3.88. The Labute approximate surface area is 116 Å². The van der Waals surface area contributed by atoms with Crippen LogP contribution in [-0.2, 0) is 13.1 Å². The standard InChI is InChI=1S/C13H15BFNO2S/c1-16(9-12-3-2-6-19-12)8-10-4-5-11(14(17)18)7-13(10)15/h2-7,17-18H,8-9H2,1H3. The second-order valence-electron chi connectivity index (χ2n) is 4.48. The fraction of sp³-hybridized carbons (Fsp3) is 0.231. The monoisotopic (exact) mass is 279 g/mol. The van der Waals surface area contributed by atoms with E-state index >= 15 is 0 Å². The van der Waals surface area contributed by atoms with Crippen molar-refractivity contribution in [3.63, 3.8) is 0 Å². The van der Waals surface area contributed by atoms with E-state index in [9.17, 15) is 4.39 Å². The van der Waals surface area contributed by atoms with Crippen LogP contribution in [0.5, 0.6) is 0 Å². The number of thiophene rings is 1. The summed E-state index contributed by atoms with van der Waals surface area (Å²) >= 11 is 1.67. The molecule has 0 spiro atoms. The molecule has 0 saturated heterocycles. The lowest BCUT2D eigenvalue weighted by Crippen LogP contribution is -2.30. The molecule has 0 aliphatic carbocycles. The molecule has 2 rings (SSSR count). The fourth-order valence-electron chi connectivity index (χ4n) is 1.87. The molecule has 2 N–H and O–H groups in total. The van der Waals surface area contributed by atoms with Gasteiger partial charge in [0.1, 0.15) is 5.82 Å². The first-order chi connectivity index (χ1) is 9.06. The molecular formula is C13H15BFNO2S. The zero-order chi connectivity index (χ0) is 13.8. The van der Waals surface area contributed by atoms with Crippen LogP contribution in [0, 0.1) is 5.82 Å². The van der Waals surface area contributed by atoms with E-state index < -0.39 is 12.9 Å². The second kappa shape index (κ2) is 6.30. The minimum atomic E-state index is -1.63. The molecule has 1 aromatic carbocycles. The number of benzene rings is 1. The Morgan fingerprint density at radius 2 is 2.05 bits per heavy atom. The zero-order valence-electron chi connectivity index (χ0n) is 10.6. The summed E-state index contributed by atoms with van der Waals surface area (Å²) in [5.74, 6) is -0.413. The predicted molar refractivity (Wildman–Crippen MR) is 75.7 cm³/mol. The van der Waals surface area contributed by atoms with Gasteiger partial charge in [0.25, 0.3) is 0 Å². The van der Waals surface area contributed by atoms with Gasteiger partial charge in [-0.15, -0.1) is 11.3 Å². The largest absolute Gasteiger partial charge is 0.488 e. The molecule has 3 nitrogen and oxygen atoms in total. The van der Waals surface area contributed by atoms with Crippen molar-refractivity contribution >= 4 is 23.9 Å². The first-order valence-electron chi connectivity index (χ1n) is 5.91. The molecule has 6 heteroatoms. The Hall–Kier alpha value is -1.21. The molecule has 0 saturated carbocycles. The molecule has 0 fully saturated rings. The van der Waals surface area contributed by atoms with Gasteiger partial charge in [-0.25, -0.2) is 4.39 Å². The van der Waals surface area contributed by atoms with Crippen LogP contribution in [-0.4, -0.2) is 29.1 Å². The summed E-state index contributed by atoms with van der Waals surface area (Å²) in [7, 11) is 0.293. The van der Waals surface area contributed by atoms with Gasteiger partial charge in [0.15, 0.2) is 0 Å². The maximum atomic E-state index is 13.8. The van der Waals surface area contributed by atoms with Crippen molar-refractivity contribution in [3.05, 3.63) is 52.0 Å². The van der Waals surface area contributed by atoms with Crippen LogP contribution >= 0.6 is 11.3 Å². The van der Waals surface area contributed by atoms with Crippen LogP contribution in [0.15, 0.2) is 35.7 Å². The number of hydrogen-bond donors (Lipinski definition) is 2. The third-order valence-electron chi connectivity index (χ3n) is 2.82. The number of halogens is 1. The van der Waals surface area contributed by atoms with Gasteiger partial charge in [-0.2, -0.15) is 0 Å². The number of nitrogens with zero attached hydrogens (tertiary/aromatic N) is 1. The quantitative estimate of drug-likeness (QED) is 0.808. The molecule has 19 heavy (non-hydrogen) atoms. The van der Waals surface area contributed by atoms with Crippen molar-refractivity contribution in [2.45, 2.75) is 13.1 Å². The lowest BCUT2D eigenvalue weighted by molar-refractivity contribution is 0.316. The highest BCUT2D eigenvalue weighted by atomic mass is 32.1. The molecule has 0 bridgehead atoms. The maximum absolute atomic E-state index is 13.8. The van der Waals surface area contributed by atoms with E-state index in [2.05, 4.69) is 0 Å². The molecule has 1 heterocycles. The molecule has 0 unspecified atom stereocenters. The van der Waals surface area contributed by atoms with Crippen LogP contribution < -0.4 is 5.46 Å². The zero-order valence-corrected chi connectivity index (χ0v) is 11.4. The van der Waals surface area contributed by atoms with Crippen molar-refractivity contribution in [1.82, 2.24) is 4.90 Å². The molecule has 0 aliphatic rings. The van der Waals surface area contributed by atoms with Crippen molar-refractivity contribution in [2.75, 3.05) is 7.05 Å². The van der Waals surface area contributed by atoms with Gasteiger partial charge in [-0.3, -0.25) is 4.90 Å². The molecule has 2 aromatic rings. The predicted octanol–water partition coefficient (Wildman–Crippen LogP) is 1.20. The van der Waals surface area contributed by atoms with Crippen LogP contribution in [0.25, 0.3) is 0 Å². The van der Waals surface area contributed by atoms with Gasteiger partial charge in [0.05, 0.1) is 0 Å². The minimum absolute atomic E-state index is 0.169. The Morgan fingerprint density at radius 3 is 2.63 bits per heavy atom. The molecule has 0 atom stereocenters. The average Bonchev–Trinajstić information content (AvgIpc) is 2.84. The second-order valence-corrected chi connectivity index (χ2v) is 5.51. The summed E-state index contributed by atoms with van der Waals surface area (Å²) in [5, 5.41) is 20.0.